The summed E-state index contributed by atoms with van der Waals surface area (Å²) in [4.78, 5) is 15.6. The van der Waals surface area contributed by atoms with Crippen molar-refractivity contribution in [1.29, 1.82) is 0 Å². The fraction of sp³-hybridized carbons (Fsp3) is 0.200. The maximum atomic E-state index is 11.1. The summed E-state index contributed by atoms with van der Waals surface area (Å²) in [5, 5.41) is 0.915. The highest BCUT2D eigenvalue weighted by Gasteiger charge is 2.08. The van der Waals surface area contributed by atoms with E-state index in [1.165, 1.54) is 18.6 Å². The van der Waals surface area contributed by atoms with Crippen LogP contribution in [0, 0.1) is 0 Å². The molecular formula is C10H10N2O3S. The van der Waals surface area contributed by atoms with Crippen LogP contribution in [0.4, 0.5) is 0 Å². The predicted octanol–water partition coefficient (Wildman–Crippen LogP) is 1.35. The van der Waals surface area contributed by atoms with E-state index in [2.05, 4.69) is 14.7 Å². The highest BCUT2D eigenvalue weighted by molar-refractivity contribution is 7.13. The standard InChI is InChI=1S/C10H10N2O3S/c1-14-11-9(13)6-15-10-7-4-2-3-5-8(7)16-12-10/h2-5H,6H2,1H3,(H,11,13). The van der Waals surface area contributed by atoms with E-state index >= 15 is 0 Å². The first kappa shape index (κ1) is 10.8. The van der Waals surface area contributed by atoms with Gasteiger partial charge in [-0.3, -0.25) is 9.63 Å². The van der Waals surface area contributed by atoms with Gasteiger partial charge in [-0.15, -0.1) is 0 Å². The van der Waals surface area contributed by atoms with Gasteiger partial charge in [-0.1, -0.05) is 12.1 Å². The van der Waals surface area contributed by atoms with Gasteiger partial charge in [-0.25, -0.2) is 5.48 Å². The van der Waals surface area contributed by atoms with Crippen molar-refractivity contribution in [1.82, 2.24) is 9.85 Å². The molecule has 1 aromatic carbocycles. The van der Waals surface area contributed by atoms with Gasteiger partial charge in [-0.05, 0) is 23.7 Å². The lowest BCUT2D eigenvalue weighted by molar-refractivity contribution is -0.133. The summed E-state index contributed by atoms with van der Waals surface area (Å²) >= 11 is 1.34. The Morgan fingerprint density at radius 3 is 3.12 bits per heavy atom. The van der Waals surface area contributed by atoms with E-state index in [1.807, 2.05) is 24.3 Å². The molecule has 2 rings (SSSR count). The Labute approximate surface area is 96.1 Å². The summed E-state index contributed by atoms with van der Waals surface area (Å²) < 4.78 is 10.4. The quantitative estimate of drug-likeness (QED) is 0.817. The van der Waals surface area contributed by atoms with Gasteiger partial charge in [0.25, 0.3) is 5.91 Å². The fourth-order valence-corrected chi connectivity index (χ4v) is 1.97. The smallest absolute Gasteiger partial charge is 0.281 e. The average molecular weight is 238 g/mol. The first-order valence-electron chi connectivity index (χ1n) is 4.60. The Morgan fingerprint density at radius 1 is 1.50 bits per heavy atom. The Bertz CT molecular complexity index is 498. The Hall–Kier alpha value is -1.66. The summed E-state index contributed by atoms with van der Waals surface area (Å²) in [6.45, 7) is -0.110. The van der Waals surface area contributed by atoms with E-state index in [4.69, 9.17) is 4.74 Å². The van der Waals surface area contributed by atoms with Gasteiger partial charge in [0.2, 0.25) is 5.88 Å². The molecular weight excluding hydrogens is 228 g/mol. The lowest BCUT2D eigenvalue weighted by Gasteiger charge is -2.03. The number of hydroxylamine groups is 1. The van der Waals surface area contributed by atoms with Crippen molar-refractivity contribution in [3.05, 3.63) is 24.3 Å². The number of benzene rings is 1. The van der Waals surface area contributed by atoms with Crippen LogP contribution in [0.1, 0.15) is 0 Å². The van der Waals surface area contributed by atoms with Crippen LogP contribution in [0.15, 0.2) is 24.3 Å². The lowest BCUT2D eigenvalue weighted by atomic mass is 10.3. The van der Waals surface area contributed by atoms with Crippen LogP contribution in [0.2, 0.25) is 0 Å². The molecule has 0 saturated carbocycles. The molecule has 0 aliphatic rings. The van der Waals surface area contributed by atoms with Gasteiger partial charge >= 0.3 is 0 Å². The molecule has 0 atom stereocenters. The second kappa shape index (κ2) is 4.91. The Morgan fingerprint density at radius 2 is 2.31 bits per heavy atom. The minimum absolute atomic E-state index is 0.110. The number of rotatable bonds is 4. The SMILES string of the molecule is CONC(=O)COc1nsc2ccccc12. The largest absolute Gasteiger partial charge is 0.466 e. The molecule has 5 nitrogen and oxygen atoms in total. The zero-order valence-corrected chi connectivity index (χ0v) is 9.41. The van der Waals surface area contributed by atoms with Crippen molar-refractivity contribution in [3.63, 3.8) is 0 Å². The van der Waals surface area contributed by atoms with Crippen LogP contribution < -0.4 is 10.2 Å². The van der Waals surface area contributed by atoms with Crippen molar-refractivity contribution >= 4 is 27.5 Å². The number of hydrogen-bond donors (Lipinski definition) is 1. The molecule has 1 N–H and O–H groups in total. The number of aromatic nitrogens is 1. The second-order valence-corrected chi connectivity index (χ2v) is 3.81. The molecule has 0 aliphatic carbocycles. The van der Waals surface area contributed by atoms with Gasteiger partial charge in [0.15, 0.2) is 6.61 Å². The minimum atomic E-state index is -0.348. The molecule has 0 radical (unpaired) electrons. The van der Waals surface area contributed by atoms with E-state index in [9.17, 15) is 4.79 Å². The van der Waals surface area contributed by atoms with Gasteiger partial charge in [0.05, 0.1) is 17.2 Å². The third kappa shape index (κ3) is 2.29. The number of hydrogen-bond acceptors (Lipinski definition) is 5. The van der Waals surface area contributed by atoms with E-state index in [-0.39, 0.29) is 12.5 Å². The molecule has 1 amide bonds. The van der Waals surface area contributed by atoms with Crippen LogP contribution in [0.25, 0.3) is 10.1 Å². The number of nitrogens with one attached hydrogen (secondary N) is 1. The topological polar surface area (TPSA) is 60.5 Å². The van der Waals surface area contributed by atoms with Gasteiger partial charge in [-0.2, -0.15) is 4.37 Å². The van der Waals surface area contributed by atoms with Crippen LogP contribution in [-0.2, 0) is 9.63 Å². The summed E-state index contributed by atoms with van der Waals surface area (Å²) in [7, 11) is 1.37. The maximum absolute atomic E-state index is 11.1. The molecule has 0 saturated heterocycles. The third-order valence-corrected chi connectivity index (χ3v) is 2.71. The van der Waals surface area contributed by atoms with Crippen LogP contribution in [0.5, 0.6) is 5.88 Å². The van der Waals surface area contributed by atoms with Gasteiger partial charge in [0, 0.05) is 0 Å². The Kier molecular flexibility index (Phi) is 3.33. The molecule has 0 spiro atoms. The van der Waals surface area contributed by atoms with Crippen LogP contribution in [0.3, 0.4) is 0 Å². The first-order valence-corrected chi connectivity index (χ1v) is 5.37. The molecule has 0 unspecified atom stereocenters. The lowest BCUT2D eigenvalue weighted by Crippen LogP contribution is -2.27. The molecule has 6 heteroatoms. The van der Waals surface area contributed by atoms with Crippen molar-refractivity contribution in [2.75, 3.05) is 13.7 Å². The molecule has 16 heavy (non-hydrogen) atoms. The highest BCUT2D eigenvalue weighted by Crippen LogP contribution is 2.27. The summed E-state index contributed by atoms with van der Waals surface area (Å²) in [5.74, 6) is 0.131. The van der Waals surface area contributed by atoms with E-state index in [1.54, 1.807) is 0 Å². The number of carbonyl (C=O) groups is 1. The predicted molar refractivity (Wildman–Crippen MR) is 60.3 cm³/mol. The Balaban J connectivity index is 2.07. The summed E-state index contributed by atoms with van der Waals surface area (Å²) in [6.07, 6.45) is 0. The highest BCUT2D eigenvalue weighted by atomic mass is 32.1. The minimum Gasteiger partial charge on any atom is -0.466 e. The summed E-state index contributed by atoms with van der Waals surface area (Å²) in [6, 6.07) is 7.69. The monoisotopic (exact) mass is 238 g/mol. The number of ether oxygens (including phenoxy) is 1. The van der Waals surface area contributed by atoms with Crippen LogP contribution in [-0.4, -0.2) is 24.0 Å². The zero-order chi connectivity index (χ0) is 11.4. The summed E-state index contributed by atoms with van der Waals surface area (Å²) in [5.41, 5.74) is 2.17. The number of amides is 1. The molecule has 2 aromatic rings. The molecule has 0 aliphatic heterocycles. The third-order valence-electron chi connectivity index (χ3n) is 1.90. The number of nitrogens with zero attached hydrogens (tertiary/aromatic N) is 1. The maximum Gasteiger partial charge on any atom is 0.281 e. The molecule has 1 heterocycles. The zero-order valence-electron chi connectivity index (χ0n) is 8.60. The second-order valence-electron chi connectivity index (χ2n) is 3.00. The van der Waals surface area contributed by atoms with E-state index in [0.717, 1.165) is 10.1 Å². The van der Waals surface area contributed by atoms with Gasteiger partial charge in [0.1, 0.15) is 0 Å². The van der Waals surface area contributed by atoms with Crippen molar-refractivity contribution in [2.45, 2.75) is 0 Å². The van der Waals surface area contributed by atoms with Crippen molar-refractivity contribution in [3.8, 4) is 5.88 Å². The number of fused-ring (bicyclic) bond motifs is 1. The van der Waals surface area contributed by atoms with Gasteiger partial charge < -0.3 is 4.74 Å². The fourth-order valence-electron chi connectivity index (χ4n) is 1.24. The number of carbonyl (C=O) groups excluding carboxylic acids is 1. The molecule has 84 valence electrons. The van der Waals surface area contributed by atoms with E-state index in [0.29, 0.717) is 5.88 Å². The van der Waals surface area contributed by atoms with Crippen LogP contribution >= 0.6 is 11.5 Å². The van der Waals surface area contributed by atoms with Crippen molar-refractivity contribution in [2.24, 2.45) is 0 Å². The first-order chi connectivity index (χ1) is 7.81. The average Bonchev–Trinajstić information content (AvgIpc) is 2.70. The molecule has 0 fully saturated rings. The van der Waals surface area contributed by atoms with Crippen molar-refractivity contribution < 1.29 is 14.4 Å². The molecule has 1 aromatic heterocycles. The molecule has 0 bridgehead atoms. The van der Waals surface area contributed by atoms with E-state index < -0.39 is 0 Å². The normalized spacial score (nSPS) is 10.3.